The molecule has 0 unspecified atom stereocenters. The lowest BCUT2D eigenvalue weighted by Crippen LogP contribution is -2.32. The van der Waals surface area contributed by atoms with Crippen LogP contribution < -0.4 is 9.62 Å². The molecule has 0 saturated heterocycles. The molecule has 0 bridgehead atoms. The van der Waals surface area contributed by atoms with E-state index in [0.717, 1.165) is 21.7 Å². The molecule has 8 nitrogen and oxygen atoms in total. The number of hydrogen-bond acceptors (Lipinski definition) is 6. The van der Waals surface area contributed by atoms with Crippen LogP contribution >= 0.6 is 0 Å². The Morgan fingerprint density at radius 3 is 2.61 bits per heavy atom. The lowest BCUT2D eigenvalue weighted by Gasteiger charge is -2.22. The molecular weight excluding hydrogens is 423 g/mol. The van der Waals surface area contributed by atoms with Crippen molar-refractivity contribution in [1.29, 1.82) is 0 Å². The predicted molar refractivity (Wildman–Crippen MR) is 114 cm³/mol. The van der Waals surface area contributed by atoms with E-state index in [2.05, 4.69) is 15.5 Å². The third-order valence-electron chi connectivity index (χ3n) is 4.46. The minimum Gasteiger partial charge on any atom is -0.347 e. The number of rotatable bonds is 9. The molecule has 10 heteroatoms. The SMILES string of the molecule is Cc1cccc(-c2noc(CNC(=O)CCCN(c3ccc(F)cc3)S(C)(=O)=O)n2)c1. The monoisotopic (exact) mass is 446 g/mol. The maximum Gasteiger partial charge on any atom is 0.246 e. The molecule has 0 aliphatic heterocycles. The molecule has 1 aromatic heterocycles. The lowest BCUT2D eigenvalue weighted by molar-refractivity contribution is -0.121. The van der Waals surface area contributed by atoms with Crippen LogP contribution in [0.25, 0.3) is 11.4 Å². The third-order valence-corrected chi connectivity index (χ3v) is 5.66. The largest absolute Gasteiger partial charge is 0.347 e. The van der Waals surface area contributed by atoms with Crippen LogP contribution in [0.4, 0.5) is 10.1 Å². The normalized spacial score (nSPS) is 11.3. The Bertz CT molecular complexity index is 1150. The molecule has 1 N–H and O–H groups in total. The van der Waals surface area contributed by atoms with Crippen molar-refractivity contribution in [2.75, 3.05) is 17.1 Å². The number of amides is 1. The minimum atomic E-state index is -3.56. The van der Waals surface area contributed by atoms with Crippen LogP contribution in [-0.2, 0) is 21.4 Å². The first kappa shape index (κ1) is 22.4. The van der Waals surface area contributed by atoms with E-state index in [-0.39, 0.29) is 37.7 Å². The molecule has 2 aromatic carbocycles. The number of benzene rings is 2. The quantitative estimate of drug-likeness (QED) is 0.542. The maximum absolute atomic E-state index is 13.1. The van der Waals surface area contributed by atoms with Crippen molar-refractivity contribution < 1.29 is 22.1 Å². The van der Waals surface area contributed by atoms with Crippen molar-refractivity contribution in [2.45, 2.75) is 26.3 Å². The molecule has 0 fully saturated rings. The number of hydrogen-bond donors (Lipinski definition) is 1. The fourth-order valence-corrected chi connectivity index (χ4v) is 3.93. The van der Waals surface area contributed by atoms with Crippen LogP contribution in [0.5, 0.6) is 0 Å². The summed E-state index contributed by atoms with van der Waals surface area (Å²) in [5, 5.41) is 6.60. The van der Waals surface area contributed by atoms with Crippen LogP contribution in [0.2, 0.25) is 0 Å². The molecule has 31 heavy (non-hydrogen) atoms. The van der Waals surface area contributed by atoms with Gasteiger partial charge in [-0.15, -0.1) is 0 Å². The number of halogens is 1. The standard InChI is InChI=1S/C21H23FN4O4S/c1-15-5-3-6-16(13-15)21-24-20(30-25-21)14-23-19(27)7-4-12-26(31(2,28)29)18-10-8-17(22)9-11-18/h3,5-6,8-11,13H,4,7,12,14H2,1-2H3,(H,23,27). The molecule has 1 amide bonds. The molecule has 1 heterocycles. The topological polar surface area (TPSA) is 105 Å². The summed E-state index contributed by atoms with van der Waals surface area (Å²) in [7, 11) is -3.56. The summed E-state index contributed by atoms with van der Waals surface area (Å²) in [6.45, 7) is 2.13. The first-order valence-corrected chi connectivity index (χ1v) is 11.5. The van der Waals surface area contributed by atoms with Crippen molar-refractivity contribution in [3.8, 4) is 11.4 Å². The maximum atomic E-state index is 13.1. The van der Waals surface area contributed by atoms with Crippen molar-refractivity contribution >= 4 is 21.6 Å². The first-order valence-electron chi connectivity index (χ1n) is 9.62. The van der Waals surface area contributed by atoms with Crippen LogP contribution in [0, 0.1) is 12.7 Å². The van der Waals surface area contributed by atoms with Gasteiger partial charge in [0.05, 0.1) is 18.5 Å². The van der Waals surface area contributed by atoms with Crippen LogP contribution in [0.1, 0.15) is 24.3 Å². The fraction of sp³-hybridized carbons (Fsp3) is 0.286. The summed E-state index contributed by atoms with van der Waals surface area (Å²) >= 11 is 0. The smallest absolute Gasteiger partial charge is 0.246 e. The highest BCUT2D eigenvalue weighted by Gasteiger charge is 2.18. The van der Waals surface area contributed by atoms with Gasteiger partial charge < -0.3 is 9.84 Å². The number of nitrogens with zero attached hydrogens (tertiary/aromatic N) is 3. The van der Waals surface area contributed by atoms with Gasteiger partial charge in [-0.2, -0.15) is 4.98 Å². The van der Waals surface area contributed by atoms with Crippen molar-refractivity contribution in [2.24, 2.45) is 0 Å². The fourth-order valence-electron chi connectivity index (χ4n) is 2.97. The number of nitrogens with one attached hydrogen (secondary N) is 1. The summed E-state index contributed by atoms with van der Waals surface area (Å²) in [6, 6.07) is 12.8. The summed E-state index contributed by atoms with van der Waals surface area (Å²) in [4.78, 5) is 16.4. The van der Waals surface area contributed by atoms with Crippen LogP contribution in [0.15, 0.2) is 53.1 Å². The highest BCUT2D eigenvalue weighted by atomic mass is 32.2. The van der Waals surface area contributed by atoms with E-state index in [1.165, 1.54) is 24.3 Å². The van der Waals surface area contributed by atoms with Crippen LogP contribution in [-0.4, -0.2) is 37.3 Å². The Hall–Kier alpha value is -3.27. The van der Waals surface area contributed by atoms with Gasteiger partial charge in [-0.05, 0) is 43.7 Å². The number of carbonyl (C=O) groups excluding carboxylic acids is 1. The van der Waals surface area contributed by atoms with E-state index in [1.54, 1.807) is 0 Å². The molecule has 0 radical (unpaired) electrons. The van der Waals surface area contributed by atoms with Gasteiger partial charge in [-0.25, -0.2) is 12.8 Å². The van der Waals surface area contributed by atoms with Gasteiger partial charge in [0.15, 0.2) is 0 Å². The number of aryl methyl sites for hydroxylation is 1. The number of aromatic nitrogens is 2. The first-order chi connectivity index (χ1) is 14.7. The summed E-state index contributed by atoms with van der Waals surface area (Å²) in [5.41, 5.74) is 2.24. The zero-order chi connectivity index (χ0) is 22.4. The molecule has 0 aliphatic rings. The molecule has 0 spiro atoms. The third kappa shape index (κ3) is 6.35. The Balaban J connectivity index is 1.50. The molecule has 3 aromatic rings. The van der Waals surface area contributed by atoms with Gasteiger partial charge >= 0.3 is 0 Å². The van der Waals surface area contributed by atoms with Gasteiger partial charge in [0.1, 0.15) is 5.82 Å². The highest BCUT2D eigenvalue weighted by Crippen LogP contribution is 2.19. The molecule has 0 saturated carbocycles. The van der Waals surface area contributed by atoms with Gasteiger partial charge in [0.25, 0.3) is 0 Å². The zero-order valence-electron chi connectivity index (χ0n) is 17.2. The van der Waals surface area contributed by atoms with Crippen LogP contribution in [0.3, 0.4) is 0 Å². The van der Waals surface area contributed by atoms with Gasteiger partial charge in [0, 0.05) is 18.5 Å². The number of carbonyl (C=O) groups is 1. The van der Waals surface area contributed by atoms with Gasteiger partial charge in [-0.3, -0.25) is 9.10 Å². The van der Waals surface area contributed by atoms with Crippen molar-refractivity contribution in [3.05, 3.63) is 65.8 Å². The lowest BCUT2D eigenvalue weighted by atomic mass is 10.1. The van der Waals surface area contributed by atoms with E-state index in [9.17, 15) is 17.6 Å². The highest BCUT2D eigenvalue weighted by molar-refractivity contribution is 7.92. The van der Waals surface area contributed by atoms with E-state index >= 15 is 0 Å². The Labute approximate surface area is 180 Å². The molecule has 3 rings (SSSR count). The molecular formula is C21H23FN4O4S. The second-order valence-electron chi connectivity index (χ2n) is 7.07. The Kier molecular flexibility index (Phi) is 7.01. The minimum absolute atomic E-state index is 0.0748. The number of sulfonamides is 1. The predicted octanol–water partition coefficient (Wildman–Crippen LogP) is 3.05. The van der Waals surface area contributed by atoms with E-state index in [0.29, 0.717) is 11.5 Å². The molecule has 0 aliphatic carbocycles. The summed E-state index contributed by atoms with van der Waals surface area (Å²) in [6.07, 6.45) is 1.46. The summed E-state index contributed by atoms with van der Waals surface area (Å²) in [5.74, 6) is -0.0176. The van der Waals surface area contributed by atoms with E-state index < -0.39 is 15.8 Å². The van der Waals surface area contributed by atoms with Crippen molar-refractivity contribution in [1.82, 2.24) is 15.5 Å². The Morgan fingerprint density at radius 2 is 1.94 bits per heavy atom. The Morgan fingerprint density at radius 1 is 1.19 bits per heavy atom. The average Bonchev–Trinajstić information content (AvgIpc) is 3.19. The average molecular weight is 447 g/mol. The molecule has 164 valence electrons. The zero-order valence-corrected chi connectivity index (χ0v) is 18.0. The van der Waals surface area contributed by atoms with E-state index in [1.807, 2.05) is 31.2 Å². The van der Waals surface area contributed by atoms with Gasteiger partial charge in [0.2, 0.25) is 27.6 Å². The summed E-state index contributed by atoms with van der Waals surface area (Å²) < 4.78 is 43.5. The van der Waals surface area contributed by atoms with E-state index in [4.69, 9.17) is 4.52 Å². The van der Waals surface area contributed by atoms with Gasteiger partial charge in [-0.1, -0.05) is 28.9 Å². The molecule has 0 atom stereocenters. The van der Waals surface area contributed by atoms with Crippen molar-refractivity contribution in [3.63, 3.8) is 0 Å². The second kappa shape index (κ2) is 9.69. The number of anilines is 1. The second-order valence-corrected chi connectivity index (χ2v) is 8.98.